The lowest BCUT2D eigenvalue weighted by atomic mass is 10.2. The van der Waals surface area contributed by atoms with E-state index < -0.39 is 0 Å². The maximum atomic E-state index is 9.04. The molecule has 1 aromatic heterocycles. The molecule has 0 radical (unpaired) electrons. The van der Waals surface area contributed by atoms with Crippen molar-refractivity contribution in [3.8, 4) is 0 Å². The average molecular weight is 319 g/mol. The summed E-state index contributed by atoms with van der Waals surface area (Å²) in [6.07, 6.45) is 0. The van der Waals surface area contributed by atoms with E-state index in [-0.39, 0.29) is 6.61 Å². The predicted octanol–water partition coefficient (Wildman–Crippen LogP) is 2.68. The number of nitrogens with zero attached hydrogens (tertiary/aromatic N) is 2. The van der Waals surface area contributed by atoms with E-state index in [2.05, 4.69) is 48.5 Å². The number of nitrogens with one attached hydrogen (secondary N) is 1. The monoisotopic (exact) mass is 319 g/mol. The van der Waals surface area contributed by atoms with Crippen molar-refractivity contribution in [2.45, 2.75) is 38.8 Å². The number of aliphatic hydroxyl groups is 1. The second-order valence-corrected chi connectivity index (χ2v) is 6.60. The molecule has 4 nitrogen and oxygen atoms in total. The summed E-state index contributed by atoms with van der Waals surface area (Å²) in [6.45, 7) is 8.68. The number of benzene rings is 1. The van der Waals surface area contributed by atoms with Crippen molar-refractivity contribution in [3.05, 3.63) is 46.8 Å². The Labute approximate surface area is 136 Å². The third kappa shape index (κ3) is 4.60. The number of rotatable bonds is 8. The van der Waals surface area contributed by atoms with Gasteiger partial charge in [0.1, 0.15) is 0 Å². The van der Waals surface area contributed by atoms with E-state index in [9.17, 15) is 0 Å². The zero-order valence-corrected chi connectivity index (χ0v) is 14.4. The fourth-order valence-corrected chi connectivity index (χ4v) is 3.20. The molecule has 0 unspecified atom stereocenters. The summed E-state index contributed by atoms with van der Waals surface area (Å²) < 4.78 is 1.88. The van der Waals surface area contributed by atoms with E-state index in [1.807, 2.05) is 23.4 Å². The van der Waals surface area contributed by atoms with Crippen LogP contribution in [0.25, 0.3) is 0 Å². The van der Waals surface area contributed by atoms with Crippen molar-refractivity contribution in [1.29, 1.82) is 0 Å². The van der Waals surface area contributed by atoms with Crippen LogP contribution in [-0.2, 0) is 13.1 Å². The first-order valence-corrected chi connectivity index (χ1v) is 8.64. The fourth-order valence-electron chi connectivity index (χ4n) is 2.39. The minimum absolute atomic E-state index is 0.127. The molecule has 120 valence electrons. The van der Waals surface area contributed by atoms with Gasteiger partial charge in [0.05, 0.1) is 18.8 Å². The van der Waals surface area contributed by atoms with Gasteiger partial charge < -0.3 is 10.4 Å². The van der Waals surface area contributed by atoms with Crippen molar-refractivity contribution in [2.24, 2.45) is 0 Å². The molecule has 0 atom stereocenters. The van der Waals surface area contributed by atoms with Crippen LogP contribution in [-0.4, -0.2) is 33.8 Å². The Balaban J connectivity index is 1.76. The van der Waals surface area contributed by atoms with Crippen LogP contribution >= 0.6 is 11.8 Å². The minimum Gasteiger partial charge on any atom is -0.394 e. The minimum atomic E-state index is 0.127. The summed E-state index contributed by atoms with van der Waals surface area (Å²) in [5.41, 5.74) is 4.73. The quantitative estimate of drug-likeness (QED) is 0.580. The summed E-state index contributed by atoms with van der Waals surface area (Å²) in [6, 6.07) is 8.65. The standard InChI is InChI=1S/C17H25N3OS/c1-13-4-6-16(7-5-13)22-11-8-18-12-17-14(2)19-20(9-10-21)15(17)3/h4-7,18,21H,8-12H2,1-3H3. The third-order valence-electron chi connectivity index (χ3n) is 3.71. The lowest BCUT2D eigenvalue weighted by Crippen LogP contribution is -2.17. The Morgan fingerprint density at radius 1 is 1.18 bits per heavy atom. The highest BCUT2D eigenvalue weighted by molar-refractivity contribution is 7.99. The maximum Gasteiger partial charge on any atom is 0.0644 e. The molecule has 5 heteroatoms. The normalized spacial score (nSPS) is 11.1. The van der Waals surface area contributed by atoms with Gasteiger partial charge >= 0.3 is 0 Å². The number of aromatic nitrogens is 2. The van der Waals surface area contributed by atoms with Gasteiger partial charge in [-0.3, -0.25) is 4.68 Å². The van der Waals surface area contributed by atoms with Gasteiger partial charge in [0.15, 0.2) is 0 Å². The van der Waals surface area contributed by atoms with E-state index in [4.69, 9.17) is 5.11 Å². The molecule has 0 saturated carbocycles. The molecule has 1 aromatic carbocycles. The van der Waals surface area contributed by atoms with Crippen molar-refractivity contribution in [1.82, 2.24) is 15.1 Å². The lowest BCUT2D eigenvalue weighted by Gasteiger charge is -2.06. The third-order valence-corrected chi connectivity index (χ3v) is 4.73. The van der Waals surface area contributed by atoms with Crippen LogP contribution in [0.5, 0.6) is 0 Å². The largest absolute Gasteiger partial charge is 0.394 e. The van der Waals surface area contributed by atoms with Crippen LogP contribution in [0.2, 0.25) is 0 Å². The van der Waals surface area contributed by atoms with Crippen LogP contribution in [0.4, 0.5) is 0 Å². The summed E-state index contributed by atoms with van der Waals surface area (Å²) in [5.74, 6) is 1.05. The number of aliphatic hydroxyl groups excluding tert-OH is 1. The number of thioether (sulfide) groups is 1. The van der Waals surface area contributed by atoms with Crippen LogP contribution in [0.3, 0.4) is 0 Å². The average Bonchev–Trinajstić information content (AvgIpc) is 2.76. The van der Waals surface area contributed by atoms with E-state index in [1.54, 1.807) is 0 Å². The molecule has 2 aromatic rings. The summed E-state index contributed by atoms with van der Waals surface area (Å²) in [4.78, 5) is 1.32. The van der Waals surface area contributed by atoms with Crippen molar-refractivity contribution < 1.29 is 5.11 Å². The zero-order valence-electron chi connectivity index (χ0n) is 13.6. The molecule has 0 aliphatic heterocycles. The van der Waals surface area contributed by atoms with Crippen LogP contribution in [0, 0.1) is 20.8 Å². The second kappa shape index (κ2) is 8.36. The molecule has 2 rings (SSSR count). The lowest BCUT2D eigenvalue weighted by molar-refractivity contribution is 0.267. The highest BCUT2D eigenvalue weighted by Gasteiger charge is 2.10. The summed E-state index contributed by atoms with van der Waals surface area (Å²) in [5, 5.41) is 17.0. The first-order valence-electron chi connectivity index (χ1n) is 7.65. The van der Waals surface area contributed by atoms with Crippen molar-refractivity contribution >= 4 is 11.8 Å². The molecule has 0 fully saturated rings. The SMILES string of the molecule is Cc1ccc(SCCNCc2c(C)nn(CCO)c2C)cc1. The smallest absolute Gasteiger partial charge is 0.0644 e. The van der Waals surface area contributed by atoms with E-state index in [1.165, 1.54) is 16.0 Å². The molecule has 0 amide bonds. The Hall–Kier alpha value is -1.30. The Bertz CT molecular complexity index is 593. The van der Waals surface area contributed by atoms with Gasteiger partial charge in [0.25, 0.3) is 0 Å². The Morgan fingerprint density at radius 2 is 1.91 bits per heavy atom. The molecule has 0 bridgehead atoms. The Kier molecular flexibility index (Phi) is 6.49. The molecule has 0 aliphatic rings. The number of hydrogen-bond donors (Lipinski definition) is 2. The van der Waals surface area contributed by atoms with Gasteiger partial charge in [0.2, 0.25) is 0 Å². The first-order chi connectivity index (χ1) is 10.6. The first kappa shape index (κ1) is 17.1. The molecule has 1 heterocycles. The van der Waals surface area contributed by atoms with Crippen molar-refractivity contribution in [3.63, 3.8) is 0 Å². The van der Waals surface area contributed by atoms with Crippen molar-refractivity contribution in [2.75, 3.05) is 18.9 Å². The van der Waals surface area contributed by atoms with Gasteiger partial charge in [-0.1, -0.05) is 17.7 Å². The molecule has 0 saturated heterocycles. The summed E-state index contributed by atoms with van der Waals surface area (Å²) >= 11 is 1.87. The van der Waals surface area contributed by atoms with Gasteiger partial charge in [-0.2, -0.15) is 5.10 Å². The fraction of sp³-hybridized carbons (Fsp3) is 0.471. The van der Waals surface area contributed by atoms with E-state index in [0.717, 1.165) is 30.2 Å². The Morgan fingerprint density at radius 3 is 2.59 bits per heavy atom. The highest BCUT2D eigenvalue weighted by atomic mass is 32.2. The molecule has 22 heavy (non-hydrogen) atoms. The molecule has 0 aliphatic carbocycles. The topological polar surface area (TPSA) is 50.1 Å². The van der Waals surface area contributed by atoms with Crippen LogP contribution in [0.15, 0.2) is 29.2 Å². The van der Waals surface area contributed by atoms with Crippen LogP contribution < -0.4 is 5.32 Å². The van der Waals surface area contributed by atoms with Gasteiger partial charge in [-0.25, -0.2) is 0 Å². The van der Waals surface area contributed by atoms with Gasteiger partial charge in [-0.05, 0) is 32.9 Å². The zero-order chi connectivity index (χ0) is 15.9. The highest BCUT2D eigenvalue weighted by Crippen LogP contribution is 2.17. The molecule has 2 N–H and O–H groups in total. The van der Waals surface area contributed by atoms with Gasteiger partial charge in [0, 0.05) is 35.0 Å². The maximum absolute atomic E-state index is 9.04. The van der Waals surface area contributed by atoms with E-state index >= 15 is 0 Å². The van der Waals surface area contributed by atoms with Crippen LogP contribution in [0.1, 0.15) is 22.5 Å². The second-order valence-electron chi connectivity index (χ2n) is 5.43. The summed E-state index contributed by atoms with van der Waals surface area (Å²) in [7, 11) is 0. The predicted molar refractivity (Wildman–Crippen MR) is 92.4 cm³/mol. The van der Waals surface area contributed by atoms with Gasteiger partial charge in [-0.15, -0.1) is 11.8 Å². The number of aryl methyl sites for hydroxylation is 2. The number of hydrogen-bond acceptors (Lipinski definition) is 4. The molecular formula is C17H25N3OS. The molecule has 0 spiro atoms. The molecular weight excluding hydrogens is 294 g/mol. The van der Waals surface area contributed by atoms with E-state index in [0.29, 0.717) is 6.54 Å².